The number of hydrogen-bond donors (Lipinski definition) is 0. The molecule has 1 unspecified atom stereocenters. The number of nitrogens with zero attached hydrogens (tertiary/aromatic N) is 3. The number of hydrogen-bond acceptors (Lipinski definition) is 3. The summed E-state index contributed by atoms with van der Waals surface area (Å²) in [5.74, 6) is 0.591. The van der Waals surface area contributed by atoms with E-state index in [0.717, 1.165) is 24.3 Å². The summed E-state index contributed by atoms with van der Waals surface area (Å²) in [5.41, 5.74) is 2.24. The smallest absolute Gasteiger partial charge is 0.253 e. The summed E-state index contributed by atoms with van der Waals surface area (Å²) >= 11 is 0. The summed E-state index contributed by atoms with van der Waals surface area (Å²) in [5, 5.41) is 0. The summed E-state index contributed by atoms with van der Waals surface area (Å²) in [6, 6.07) is 11.6. The van der Waals surface area contributed by atoms with Crippen molar-refractivity contribution in [3.63, 3.8) is 0 Å². The molecule has 1 spiro atoms. The van der Waals surface area contributed by atoms with Crippen molar-refractivity contribution < 1.29 is 0 Å². The molecule has 132 valence electrons. The van der Waals surface area contributed by atoms with Gasteiger partial charge < -0.3 is 4.90 Å². The Balaban J connectivity index is 1.57. The van der Waals surface area contributed by atoms with E-state index in [1.807, 2.05) is 34.9 Å². The highest BCUT2D eigenvalue weighted by Crippen LogP contribution is 2.48. The molecule has 0 amide bonds. The van der Waals surface area contributed by atoms with Crippen LogP contribution in [0.3, 0.4) is 0 Å². The molecule has 0 N–H and O–H groups in total. The molecule has 1 aromatic carbocycles. The second kappa shape index (κ2) is 6.75. The van der Waals surface area contributed by atoms with E-state index in [-0.39, 0.29) is 5.56 Å². The fraction of sp³-hybridized carbons (Fsp3) is 0.524. The third-order valence-electron chi connectivity index (χ3n) is 6.28. The van der Waals surface area contributed by atoms with Crippen LogP contribution in [-0.2, 0) is 6.54 Å². The fourth-order valence-corrected chi connectivity index (χ4v) is 4.93. The normalized spacial score (nSPS) is 23.2. The lowest BCUT2D eigenvalue weighted by Gasteiger charge is -2.45. The van der Waals surface area contributed by atoms with Crippen molar-refractivity contribution >= 4 is 0 Å². The third kappa shape index (κ3) is 3.28. The van der Waals surface area contributed by atoms with Crippen molar-refractivity contribution in [1.82, 2.24) is 14.5 Å². The SMILES string of the molecule is CN1CCC(Cn2cnc(-c3ccccc3)cc2=O)C2(CCCC2)C1. The maximum absolute atomic E-state index is 12.7. The molecule has 1 aromatic heterocycles. The largest absolute Gasteiger partial charge is 0.306 e. The molecule has 25 heavy (non-hydrogen) atoms. The van der Waals surface area contributed by atoms with Crippen molar-refractivity contribution in [2.75, 3.05) is 20.1 Å². The number of aromatic nitrogens is 2. The number of benzene rings is 1. The Labute approximate surface area is 149 Å². The first-order valence-electron chi connectivity index (χ1n) is 9.47. The fourth-order valence-electron chi connectivity index (χ4n) is 4.93. The Morgan fingerprint density at radius 2 is 1.96 bits per heavy atom. The van der Waals surface area contributed by atoms with Crippen LogP contribution in [0.5, 0.6) is 0 Å². The van der Waals surface area contributed by atoms with Gasteiger partial charge in [0, 0.05) is 24.7 Å². The molecule has 2 aromatic rings. The van der Waals surface area contributed by atoms with Crippen LogP contribution in [0.1, 0.15) is 32.1 Å². The first kappa shape index (κ1) is 16.5. The zero-order valence-electron chi connectivity index (χ0n) is 15.0. The molecule has 0 radical (unpaired) electrons. The Kier molecular flexibility index (Phi) is 4.46. The van der Waals surface area contributed by atoms with Gasteiger partial charge in [-0.15, -0.1) is 0 Å². The van der Waals surface area contributed by atoms with Gasteiger partial charge in [-0.1, -0.05) is 43.2 Å². The van der Waals surface area contributed by atoms with Gasteiger partial charge in [-0.05, 0) is 44.2 Å². The lowest BCUT2D eigenvalue weighted by atomic mass is 9.69. The lowest BCUT2D eigenvalue weighted by molar-refractivity contribution is 0.0345. The van der Waals surface area contributed by atoms with E-state index >= 15 is 0 Å². The van der Waals surface area contributed by atoms with Crippen LogP contribution >= 0.6 is 0 Å². The minimum absolute atomic E-state index is 0.0703. The van der Waals surface area contributed by atoms with Gasteiger partial charge >= 0.3 is 0 Å². The van der Waals surface area contributed by atoms with Crippen molar-refractivity contribution in [3.8, 4) is 11.3 Å². The Bertz CT molecular complexity index is 777. The molecule has 1 aliphatic carbocycles. The third-order valence-corrected chi connectivity index (χ3v) is 6.28. The van der Waals surface area contributed by atoms with Crippen molar-refractivity contribution in [2.24, 2.45) is 11.3 Å². The Hall–Kier alpha value is -1.94. The van der Waals surface area contributed by atoms with E-state index < -0.39 is 0 Å². The summed E-state index contributed by atoms with van der Waals surface area (Å²) in [6.07, 6.45) is 8.24. The van der Waals surface area contributed by atoms with Gasteiger partial charge in [-0.3, -0.25) is 9.36 Å². The van der Waals surface area contributed by atoms with Gasteiger partial charge in [0.05, 0.1) is 12.0 Å². The van der Waals surface area contributed by atoms with E-state index in [2.05, 4.69) is 16.9 Å². The van der Waals surface area contributed by atoms with Gasteiger partial charge in [0.1, 0.15) is 0 Å². The van der Waals surface area contributed by atoms with Gasteiger partial charge in [0.25, 0.3) is 5.56 Å². The second-order valence-corrected chi connectivity index (χ2v) is 7.92. The predicted octanol–water partition coefficient (Wildman–Crippen LogP) is 3.42. The monoisotopic (exact) mass is 337 g/mol. The quantitative estimate of drug-likeness (QED) is 0.861. The Morgan fingerprint density at radius 1 is 1.20 bits per heavy atom. The Morgan fingerprint density at radius 3 is 2.68 bits per heavy atom. The molecule has 4 nitrogen and oxygen atoms in total. The average molecular weight is 337 g/mol. The molecule has 2 heterocycles. The highest BCUT2D eigenvalue weighted by Gasteiger charge is 2.44. The molecule has 1 aliphatic heterocycles. The molecule has 1 saturated carbocycles. The highest BCUT2D eigenvalue weighted by molar-refractivity contribution is 5.57. The minimum atomic E-state index is 0.0703. The molecule has 1 atom stereocenters. The van der Waals surface area contributed by atoms with E-state index in [0.29, 0.717) is 11.3 Å². The number of likely N-dealkylation sites (tertiary alicyclic amines) is 1. The van der Waals surface area contributed by atoms with Crippen molar-refractivity contribution in [2.45, 2.75) is 38.6 Å². The summed E-state index contributed by atoms with van der Waals surface area (Å²) in [6.45, 7) is 3.13. The van der Waals surface area contributed by atoms with Crippen molar-refractivity contribution in [1.29, 1.82) is 0 Å². The maximum Gasteiger partial charge on any atom is 0.253 e. The van der Waals surface area contributed by atoms with Gasteiger partial charge in [0.2, 0.25) is 0 Å². The first-order valence-corrected chi connectivity index (χ1v) is 9.47. The summed E-state index contributed by atoms with van der Waals surface area (Å²) in [4.78, 5) is 19.7. The molecule has 0 bridgehead atoms. The molecule has 4 heteroatoms. The molecule has 1 saturated heterocycles. The molecular weight excluding hydrogens is 310 g/mol. The second-order valence-electron chi connectivity index (χ2n) is 7.92. The van der Waals surface area contributed by atoms with Crippen LogP contribution in [-0.4, -0.2) is 34.6 Å². The van der Waals surface area contributed by atoms with E-state index in [1.54, 1.807) is 12.4 Å². The lowest BCUT2D eigenvalue weighted by Crippen LogP contribution is -2.47. The highest BCUT2D eigenvalue weighted by atomic mass is 16.1. The number of rotatable bonds is 3. The average Bonchev–Trinajstić information content (AvgIpc) is 3.08. The maximum atomic E-state index is 12.7. The topological polar surface area (TPSA) is 38.1 Å². The van der Waals surface area contributed by atoms with Crippen LogP contribution in [0.2, 0.25) is 0 Å². The van der Waals surface area contributed by atoms with E-state index in [9.17, 15) is 4.79 Å². The van der Waals surface area contributed by atoms with Crippen LogP contribution < -0.4 is 5.56 Å². The van der Waals surface area contributed by atoms with Crippen LogP contribution in [0.25, 0.3) is 11.3 Å². The van der Waals surface area contributed by atoms with Gasteiger partial charge in [-0.2, -0.15) is 0 Å². The number of piperidine rings is 1. The van der Waals surface area contributed by atoms with E-state index in [1.165, 1.54) is 38.6 Å². The first-order chi connectivity index (χ1) is 12.2. The summed E-state index contributed by atoms with van der Waals surface area (Å²) < 4.78 is 1.84. The predicted molar refractivity (Wildman–Crippen MR) is 100 cm³/mol. The molecule has 2 fully saturated rings. The zero-order valence-corrected chi connectivity index (χ0v) is 15.0. The van der Waals surface area contributed by atoms with Crippen molar-refractivity contribution in [3.05, 3.63) is 53.1 Å². The molecular formula is C21H27N3O. The van der Waals surface area contributed by atoms with Gasteiger partial charge in [-0.25, -0.2) is 4.98 Å². The summed E-state index contributed by atoms with van der Waals surface area (Å²) in [7, 11) is 2.23. The van der Waals surface area contributed by atoms with Crippen LogP contribution in [0, 0.1) is 11.3 Å². The standard InChI is InChI=1S/C21H27N3O/c1-23-12-9-18(21(15-23)10-5-6-11-21)14-24-16-22-19(13-20(24)25)17-7-3-2-4-8-17/h2-4,7-8,13,16,18H,5-6,9-12,14-15H2,1H3. The van der Waals surface area contributed by atoms with Crippen LogP contribution in [0.15, 0.2) is 47.5 Å². The minimum Gasteiger partial charge on any atom is -0.306 e. The van der Waals surface area contributed by atoms with Crippen LogP contribution in [0.4, 0.5) is 0 Å². The van der Waals surface area contributed by atoms with Gasteiger partial charge in [0.15, 0.2) is 0 Å². The molecule has 2 aliphatic rings. The zero-order chi connectivity index (χ0) is 17.3. The van der Waals surface area contributed by atoms with E-state index in [4.69, 9.17) is 0 Å². The molecule has 4 rings (SSSR count).